The van der Waals surface area contributed by atoms with E-state index < -0.39 is 10.0 Å². The molecule has 0 unspecified atom stereocenters. The Morgan fingerprint density at radius 1 is 1.14 bits per heavy atom. The Morgan fingerprint density at radius 3 is 2.52 bits per heavy atom. The number of aromatic nitrogens is 2. The summed E-state index contributed by atoms with van der Waals surface area (Å²) < 4.78 is 22.4. The molecule has 0 saturated carbocycles. The first-order valence-corrected chi connectivity index (χ1v) is 7.83. The van der Waals surface area contributed by atoms with Gasteiger partial charge in [-0.1, -0.05) is 11.6 Å². The van der Waals surface area contributed by atoms with Gasteiger partial charge in [-0.25, -0.2) is 13.6 Å². The summed E-state index contributed by atoms with van der Waals surface area (Å²) in [5.41, 5.74) is 2.80. The van der Waals surface area contributed by atoms with Crippen molar-refractivity contribution in [3.63, 3.8) is 0 Å². The van der Waals surface area contributed by atoms with Crippen LogP contribution in [-0.4, -0.2) is 18.6 Å². The molecule has 21 heavy (non-hydrogen) atoms. The minimum absolute atomic E-state index is 0.0794. The topological polar surface area (TPSA) is 101 Å². The van der Waals surface area contributed by atoms with Crippen LogP contribution in [0.2, 0.25) is 0 Å². The third-order valence-electron chi connectivity index (χ3n) is 3.16. The summed E-state index contributed by atoms with van der Waals surface area (Å²) in [6.45, 7) is 2.01. The third kappa shape index (κ3) is 2.74. The van der Waals surface area contributed by atoms with Crippen molar-refractivity contribution in [2.45, 2.75) is 11.8 Å². The van der Waals surface area contributed by atoms with E-state index in [1.165, 1.54) is 12.1 Å². The van der Waals surface area contributed by atoms with Crippen LogP contribution >= 0.6 is 0 Å². The van der Waals surface area contributed by atoms with Gasteiger partial charge >= 0.3 is 0 Å². The molecule has 3 rings (SSSR count). The van der Waals surface area contributed by atoms with Crippen molar-refractivity contribution < 1.29 is 8.42 Å². The molecule has 0 aliphatic heterocycles. The van der Waals surface area contributed by atoms with Crippen molar-refractivity contribution in [1.29, 1.82) is 0 Å². The van der Waals surface area contributed by atoms with Crippen LogP contribution in [0.1, 0.15) is 5.56 Å². The maximum Gasteiger partial charge on any atom is 0.238 e. The van der Waals surface area contributed by atoms with Gasteiger partial charge in [-0.05, 0) is 43.3 Å². The fourth-order valence-electron chi connectivity index (χ4n) is 2.09. The minimum Gasteiger partial charge on any atom is -0.338 e. The van der Waals surface area contributed by atoms with E-state index in [1.807, 2.05) is 25.1 Å². The number of aryl methyl sites for hydroxylation is 1. The molecule has 0 radical (unpaired) electrons. The lowest BCUT2D eigenvalue weighted by Crippen LogP contribution is -2.11. The average Bonchev–Trinajstić information content (AvgIpc) is 2.81. The summed E-state index contributed by atoms with van der Waals surface area (Å²) in [7, 11) is -3.67. The predicted molar refractivity (Wildman–Crippen MR) is 81.9 cm³/mol. The van der Waals surface area contributed by atoms with E-state index in [-0.39, 0.29) is 4.90 Å². The zero-order valence-corrected chi connectivity index (χ0v) is 12.1. The summed E-state index contributed by atoms with van der Waals surface area (Å²) in [6, 6.07) is 12.2. The molecule has 108 valence electrons. The Morgan fingerprint density at radius 2 is 1.86 bits per heavy atom. The number of anilines is 2. The Kier molecular flexibility index (Phi) is 3.15. The van der Waals surface area contributed by atoms with Crippen LogP contribution in [0.15, 0.2) is 47.4 Å². The molecule has 7 heteroatoms. The molecule has 4 N–H and O–H groups in total. The summed E-state index contributed by atoms with van der Waals surface area (Å²) in [6.07, 6.45) is 0. The average molecular weight is 302 g/mol. The van der Waals surface area contributed by atoms with Gasteiger partial charge in [0, 0.05) is 11.1 Å². The Labute approximate surface area is 122 Å². The second-order valence-electron chi connectivity index (χ2n) is 4.82. The van der Waals surface area contributed by atoms with E-state index in [1.54, 1.807) is 12.1 Å². The van der Waals surface area contributed by atoms with Gasteiger partial charge < -0.3 is 5.32 Å². The minimum atomic E-state index is -3.67. The molecule has 1 aromatic heterocycles. The first-order valence-electron chi connectivity index (χ1n) is 6.28. The van der Waals surface area contributed by atoms with Gasteiger partial charge in [0.05, 0.1) is 10.4 Å². The highest BCUT2D eigenvalue weighted by atomic mass is 32.2. The van der Waals surface area contributed by atoms with E-state index in [0.29, 0.717) is 5.82 Å². The number of nitrogens with zero attached hydrogens (tertiary/aromatic N) is 1. The van der Waals surface area contributed by atoms with Crippen LogP contribution in [0.5, 0.6) is 0 Å². The highest BCUT2D eigenvalue weighted by Crippen LogP contribution is 2.25. The van der Waals surface area contributed by atoms with Gasteiger partial charge in [0.25, 0.3) is 0 Å². The molecule has 0 saturated heterocycles. The fraction of sp³-hybridized carbons (Fsp3) is 0.0714. The number of aromatic amines is 1. The Hall–Kier alpha value is -2.38. The lowest BCUT2D eigenvalue weighted by Gasteiger charge is -2.05. The van der Waals surface area contributed by atoms with Crippen molar-refractivity contribution in [2.75, 3.05) is 5.32 Å². The van der Waals surface area contributed by atoms with E-state index in [2.05, 4.69) is 15.5 Å². The largest absolute Gasteiger partial charge is 0.338 e. The Bertz CT molecular complexity index is 898. The molecule has 0 amide bonds. The second kappa shape index (κ2) is 4.87. The predicted octanol–water partition coefficient (Wildman–Crippen LogP) is 2.26. The maximum absolute atomic E-state index is 11.2. The van der Waals surface area contributed by atoms with Crippen LogP contribution in [0.4, 0.5) is 11.5 Å². The van der Waals surface area contributed by atoms with Gasteiger partial charge in [0.1, 0.15) is 0 Å². The van der Waals surface area contributed by atoms with Crippen LogP contribution in [0, 0.1) is 6.92 Å². The smallest absolute Gasteiger partial charge is 0.238 e. The highest BCUT2D eigenvalue weighted by molar-refractivity contribution is 7.89. The zero-order chi connectivity index (χ0) is 15.0. The molecule has 3 aromatic rings. The fourth-order valence-corrected chi connectivity index (χ4v) is 2.60. The molecule has 0 bridgehead atoms. The van der Waals surface area contributed by atoms with Crippen molar-refractivity contribution in [3.05, 3.63) is 48.0 Å². The molecule has 2 aromatic carbocycles. The molecule has 6 nitrogen and oxygen atoms in total. The van der Waals surface area contributed by atoms with E-state index in [9.17, 15) is 8.42 Å². The second-order valence-corrected chi connectivity index (χ2v) is 6.38. The van der Waals surface area contributed by atoms with Crippen molar-refractivity contribution in [1.82, 2.24) is 10.2 Å². The number of fused-ring (bicyclic) bond motifs is 1. The Balaban J connectivity index is 1.93. The lowest BCUT2D eigenvalue weighted by molar-refractivity contribution is 0.598. The standard InChI is InChI=1S/C14H14N4O2S/c1-9-2-7-13-12(8-9)14(18-17-13)16-10-3-5-11(6-4-10)21(15,19)20/h2-8H,1H3,(H2,15,19,20)(H2,16,17,18). The van der Waals surface area contributed by atoms with Crippen LogP contribution in [0.25, 0.3) is 10.9 Å². The van der Waals surface area contributed by atoms with E-state index in [0.717, 1.165) is 22.2 Å². The highest BCUT2D eigenvalue weighted by Gasteiger charge is 2.09. The quantitative estimate of drug-likeness (QED) is 0.690. The number of H-pyrrole nitrogens is 1. The monoisotopic (exact) mass is 302 g/mol. The summed E-state index contributed by atoms with van der Waals surface area (Å²) >= 11 is 0. The summed E-state index contributed by atoms with van der Waals surface area (Å²) in [5.74, 6) is 0.692. The number of nitrogens with two attached hydrogens (primary N) is 1. The normalized spacial score (nSPS) is 11.7. The van der Waals surface area contributed by atoms with Crippen LogP contribution < -0.4 is 10.5 Å². The number of hydrogen-bond donors (Lipinski definition) is 3. The van der Waals surface area contributed by atoms with Gasteiger partial charge in [0.2, 0.25) is 10.0 Å². The number of hydrogen-bond acceptors (Lipinski definition) is 4. The number of primary sulfonamides is 1. The summed E-state index contributed by atoms with van der Waals surface area (Å²) in [4.78, 5) is 0.0794. The van der Waals surface area contributed by atoms with Crippen molar-refractivity contribution in [2.24, 2.45) is 5.14 Å². The first kappa shape index (κ1) is 13.6. The molecule has 0 aliphatic carbocycles. The molecule has 0 aliphatic rings. The molecule has 1 heterocycles. The number of sulfonamides is 1. The third-order valence-corrected chi connectivity index (χ3v) is 4.09. The van der Waals surface area contributed by atoms with Gasteiger partial charge in [0.15, 0.2) is 5.82 Å². The number of benzene rings is 2. The summed E-state index contributed by atoms with van der Waals surface area (Å²) in [5, 5.41) is 16.4. The zero-order valence-electron chi connectivity index (χ0n) is 11.3. The molecule has 0 atom stereocenters. The molecule has 0 spiro atoms. The number of rotatable bonds is 3. The van der Waals surface area contributed by atoms with Gasteiger partial charge in [-0.3, -0.25) is 5.10 Å². The van der Waals surface area contributed by atoms with Gasteiger partial charge in [-0.2, -0.15) is 5.10 Å². The molecular weight excluding hydrogens is 288 g/mol. The van der Waals surface area contributed by atoms with Gasteiger partial charge in [-0.15, -0.1) is 0 Å². The first-order chi connectivity index (χ1) is 9.93. The lowest BCUT2D eigenvalue weighted by atomic mass is 10.2. The van der Waals surface area contributed by atoms with E-state index in [4.69, 9.17) is 5.14 Å². The maximum atomic E-state index is 11.2. The molecular formula is C14H14N4O2S. The van der Waals surface area contributed by atoms with Crippen molar-refractivity contribution >= 4 is 32.4 Å². The number of nitrogens with one attached hydrogen (secondary N) is 2. The molecule has 0 fully saturated rings. The van der Waals surface area contributed by atoms with Crippen LogP contribution in [0.3, 0.4) is 0 Å². The van der Waals surface area contributed by atoms with Crippen LogP contribution in [-0.2, 0) is 10.0 Å². The van der Waals surface area contributed by atoms with Crippen molar-refractivity contribution in [3.8, 4) is 0 Å². The SMILES string of the molecule is Cc1ccc2[nH]nc(Nc3ccc(S(N)(=O)=O)cc3)c2c1. The van der Waals surface area contributed by atoms with E-state index >= 15 is 0 Å².